The summed E-state index contributed by atoms with van der Waals surface area (Å²) in [5, 5.41) is 25.7. The third kappa shape index (κ3) is 4.60. The lowest BCUT2D eigenvalue weighted by Gasteiger charge is -2.17. The van der Waals surface area contributed by atoms with E-state index in [-0.39, 0.29) is 29.3 Å². The van der Waals surface area contributed by atoms with Crippen molar-refractivity contribution in [2.75, 3.05) is 5.32 Å². The van der Waals surface area contributed by atoms with Crippen LogP contribution in [0.1, 0.15) is 21.5 Å². The van der Waals surface area contributed by atoms with Gasteiger partial charge in [-0.05, 0) is 29.1 Å². The second-order valence-electron chi connectivity index (χ2n) is 6.90. The molecule has 0 bridgehead atoms. The molecule has 2 heterocycles. The summed E-state index contributed by atoms with van der Waals surface area (Å²) in [5.41, 5.74) is -2.36. The first-order chi connectivity index (χ1) is 15.6. The highest BCUT2D eigenvalue weighted by Gasteiger charge is 2.38. The van der Waals surface area contributed by atoms with Crippen molar-refractivity contribution in [3.8, 4) is 11.4 Å². The van der Waals surface area contributed by atoms with Gasteiger partial charge in [-0.1, -0.05) is 12.1 Å². The molecule has 4 aromatic rings. The van der Waals surface area contributed by atoms with Crippen LogP contribution < -0.4 is 5.32 Å². The summed E-state index contributed by atoms with van der Waals surface area (Å²) < 4.78 is 41.4. The van der Waals surface area contributed by atoms with Crippen molar-refractivity contribution in [2.24, 2.45) is 0 Å². The van der Waals surface area contributed by atoms with Gasteiger partial charge in [0.2, 0.25) is 0 Å². The molecule has 0 atom stereocenters. The maximum Gasteiger partial charge on any atom is 0.417 e. The number of nitrogens with zero attached hydrogens (tertiary/aromatic N) is 3. The quantitative estimate of drug-likeness (QED) is 0.276. The molecule has 0 saturated heterocycles. The highest BCUT2D eigenvalue weighted by molar-refractivity contribution is 7.16. The second-order valence-corrected chi connectivity index (χ2v) is 7.80. The second kappa shape index (κ2) is 8.47. The zero-order valence-corrected chi connectivity index (χ0v) is 17.3. The number of hydrogen-bond acceptors (Lipinski definition) is 7. The summed E-state index contributed by atoms with van der Waals surface area (Å²) in [4.78, 5) is 31.0. The number of aromatic carboxylic acids is 1. The van der Waals surface area contributed by atoms with Gasteiger partial charge in [0.05, 0.1) is 16.1 Å². The van der Waals surface area contributed by atoms with Gasteiger partial charge < -0.3 is 10.4 Å². The summed E-state index contributed by atoms with van der Waals surface area (Å²) in [7, 11) is 0. The average molecular weight is 474 g/mol. The summed E-state index contributed by atoms with van der Waals surface area (Å²) in [5.74, 6) is -1.93. The Morgan fingerprint density at radius 2 is 2.00 bits per heavy atom. The van der Waals surface area contributed by atoms with E-state index in [0.717, 1.165) is 0 Å². The number of halogens is 3. The molecule has 8 nitrogen and oxygen atoms in total. The molecule has 0 saturated carbocycles. The molecule has 0 fully saturated rings. The molecule has 4 rings (SSSR count). The molecule has 33 heavy (non-hydrogen) atoms. The zero-order chi connectivity index (χ0) is 23.8. The molecule has 0 aliphatic heterocycles. The van der Waals surface area contributed by atoms with Crippen molar-refractivity contribution in [2.45, 2.75) is 12.7 Å². The van der Waals surface area contributed by atoms with Crippen LogP contribution in [0.5, 0.6) is 0 Å². The van der Waals surface area contributed by atoms with Crippen molar-refractivity contribution >= 4 is 38.9 Å². The van der Waals surface area contributed by atoms with Crippen LogP contribution in [0.15, 0.2) is 54.0 Å². The van der Waals surface area contributed by atoms with E-state index < -0.39 is 28.2 Å². The Hall–Kier alpha value is -4.06. The minimum absolute atomic E-state index is 0.0321. The lowest BCUT2D eigenvalue weighted by molar-refractivity contribution is -0.384. The van der Waals surface area contributed by atoms with Crippen LogP contribution in [0, 0.1) is 10.1 Å². The number of nitro groups is 1. The minimum atomic E-state index is -4.96. The van der Waals surface area contributed by atoms with Gasteiger partial charge in [0.1, 0.15) is 4.83 Å². The Morgan fingerprint density at radius 1 is 1.21 bits per heavy atom. The van der Waals surface area contributed by atoms with Gasteiger partial charge in [0.15, 0.2) is 5.82 Å². The van der Waals surface area contributed by atoms with Gasteiger partial charge in [0, 0.05) is 41.5 Å². The number of carboxylic acid groups (broad SMARTS) is 1. The minimum Gasteiger partial charge on any atom is -0.478 e. The van der Waals surface area contributed by atoms with Crippen LogP contribution in [0.25, 0.3) is 21.6 Å². The van der Waals surface area contributed by atoms with E-state index in [1.54, 1.807) is 17.5 Å². The number of nitrogens with one attached hydrogen (secondary N) is 1. The molecule has 2 aromatic carbocycles. The van der Waals surface area contributed by atoms with Gasteiger partial charge in [-0.2, -0.15) is 13.2 Å². The number of carbonyl (C=O) groups is 1. The molecule has 2 N–H and O–H groups in total. The van der Waals surface area contributed by atoms with Crippen molar-refractivity contribution in [3.05, 3.63) is 80.8 Å². The number of aromatic nitrogens is 2. The van der Waals surface area contributed by atoms with E-state index >= 15 is 0 Å². The number of non-ortho nitro benzene ring substituents is 1. The normalized spacial score (nSPS) is 11.5. The Balaban J connectivity index is 1.81. The Labute approximate surface area is 187 Å². The van der Waals surface area contributed by atoms with Crippen molar-refractivity contribution in [3.63, 3.8) is 0 Å². The molecule has 2 aromatic heterocycles. The Morgan fingerprint density at radius 3 is 2.70 bits per heavy atom. The molecule has 0 aliphatic rings. The number of anilines is 1. The number of hydrogen-bond donors (Lipinski definition) is 2. The summed E-state index contributed by atoms with van der Waals surface area (Å²) in [6, 6.07) is 9.27. The van der Waals surface area contributed by atoms with Crippen LogP contribution in [-0.2, 0) is 12.7 Å². The first kappa shape index (κ1) is 22.1. The van der Waals surface area contributed by atoms with E-state index in [2.05, 4.69) is 15.3 Å². The van der Waals surface area contributed by atoms with E-state index in [1.807, 2.05) is 0 Å². The summed E-state index contributed by atoms with van der Waals surface area (Å²) in [6.45, 7) is -0.0321. The van der Waals surface area contributed by atoms with Gasteiger partial charge >= 0.3 is 12.1 Å². The summed E-state index contributed by atoms with van der Waals surface area (Å²) in [6.07, 6.45) is -3.55. The number of nitro benzene ring substituents is 1. The molecule has 168 valence electrons. The van der Waals surface area contributed by atoms with E-state index in [4.69, 9.17) is 0 Å². The number of rotatable bonds is 6. The molecule has 0 spiro atoms. The van der Waals surface area contributed by atoms with Gasteiger partial charge in [-0.15, -0.1) is 11.3 Å². The number of alkyl halides is 3. The maximum absolute atomic E-state index is 13.8. The van der Waals surface area contributed by atoms with Crippen LogP contribution in [0.2, 0.25) is 0 Å². The third-order valence-electron chi connectivity index (χ3n) is 4.72. The van der Waals surface area contributed by atoms with E-state index in [9.17, 15) is 33.2 Å². The predicted octanol–water partition coefficient (Wildman–Crippen LogP) is 5.60. The average Bonchev–Trinajstić information content (AvgIpc) is 3.24. The van der Waals surface area contributed by atoms with Crippen LogP contribution in [-0.4, -0.2) is 26.0 Å². The monoisotopic (exact) mass is 474 g/mol. The van der Waals surface area contributed by atoms with Gasteiger partial charge in [0.25, 0.3) is 5.69 Å². The molecule has 0 amide bonds. The lowest BCUT2D eigenvalue weighted by Crippen LogP contribution is -2.16. The topological polar surface area (TPSA) is 118 Å². The van der Waals surface area contributed by atoms with Gasteiger partial charge in [-0.3, -0.25) is 10.1 Å². The number of carboxylic acids is 1. The van der Waals surface area contributed by atoms with Crippen LogP contribution in [0.3, 0.4) is 0 Å². The lowest BCUT2D eigenvalue weighted by atomic mass is 9.98. The molecular formula is C21H13F3N4O4S. The van der Waals surface area contributed by atoms with Gasteiger partial charge in [-0.25, -0.2) is 14.8 Å². The zero-order valence-electron chi connectivity index (χ0n) is 16.5. The highest BCUT2D eigenvalue weighted by Crippen LogP contribution is 2.39. The summed E-state index contributed by atoms with van der Waals surface area (Å²) >= 11 is 1.24. The SMILES string of the molecule is O=C(O)c1c(-c2ncc3ccsc3n2)cc(NCc2cccc([N+](=O)[O-])c2)cc1C(F)(F)F. The first-order valence-electron chi connectivity index (χ1n) is 9.30. The largest absolute Gasteiger partial charge is 0.478 e. The Bertz CT molecular complexity index is 1390. The molecular weight excluding hydrogens is 461 g/mol. The Kier molecular flexibility index (Phi) is 5.68. The van der Waals surface area contributed by atoms with Crippen molar-refractivity contribution in [1.29, 1.82) is 0 Å². The highest BCUT2D eigenvalue weighted by atomic mass is 32.1. The van der Waals surface area contributed by atoms with Crippen molar-refractivity contribution < 1.29 is 28.0 Å². The standard InChI is InChI=1S/C21H13F3N4O4S/c22-21(23,24)16-8-13(25-9-11-2-1-3-14(6-11)28(31)32)7-15(17(16)20(29)30)18-26-10-12-4-5-33-19(12)27-18/h1-8,10,25H,9H2,(H,29,30). The number of fused-ring (bicyclic) bond motifs is 1. The van der Waals surface area contributed by atoms with Crippen LogP contribution in [0.4, 0.5) is 24.5 Å². The number of thiophene rings is 1. The fourth-order valence-electron chi connectivity index (χ4n) is 3.24. The van der Waals surface area contributed by atoms with Crippen LogP contribution >= 0.6 is 11.3 Å². The molecule has 12 heteroatoms. The van der Waals surface area contributed by atoms with E-state index in [1.165, 1.54) is 41.8 Å². The smallest absolute Gasteiger partial charge is 0.417 e. The first-order valence-corrected chi connectivity index (χ1v) is 10.2. The molecule has 0 radical (unpaired) electrons. The molecule has 0 unspecified atom stereocenters. The predicted molar refractivity (Wildman–Crippen MR) is 115 cm³/mol. The maximum atomic E-state index is 13.8. The fourth-order valence-corrected chi connectivity index (χ4v) is 3.98. The fraction of sp³-hybridized carbons (Fsp3) is 0.0952. The number of benzene rings is 2. The molecule has 0 aliphatic carbocycles. The van der Waals surface area contributed by atoms with E-state index in [0.29, 0.717) is 21.8 Å². The third-order valence-corrected chi connectivity index (χ3v) is 5.55. The van der Waals surface area contributed by atoms with Crippen molar-refractivity contribution in [1.82, 2.24) is 9.97 Å².